The first-order valence-electron chi connectivity index (χ1n) is 10.8. The molecule has 0 saturated carbocycles. The summed E-state index contributed by atoms with van der Waals surface area (Å²) in [5.41, 5.74) is 1.58. The summed E-state index contributed by atoms with van der Waals surface area (Å²) in [5.74, 6) is -4.16. The summed E-state index contributed by atoms with van der Waals surface area (Å²) in [7, 11) is 1.23. The molecule has 1 aromatic heterocycles. The SMILES string of the molecule is CCOC(=O)C1=C(C)NC2=C(C(=O)C(C(=O)OC)C(C)C2)C1c1coc2ccccc2c1=O. The summed E-state index contributed by atoms with van der Waals surface area (Å²) in [6.45, 7) is 5.29. The Bertz CT molecular complexity index is 1280. The van der Waals surface area contributed by atoms with E-state index in [9.17, 15) is 19.2 Å². The molecule has 1 aliphatic carbocycles. The number of para-hydroxylation sites is 1. The molecular formula is C25H25NO7. The van der Waals surface area contributed by atoms with E-state index in [2.05, 4.69) is 5.32 Å². The molecule has 0 saturated heterocycles. The van der Waals surface area contributed by atoms with Gasteiger partial charge in [-0.2, -0.15) is 0 Å². The fourth-order valence-electron chi connectivity index (χ4n) is 4.76. The van der Waals surface area contributed by atoms with E-state index >= 15 is 0 Å². The molecule has 0 spiro atoms. The second kappa shape index (κ2) is 8.69. The van der Waals surface area contributed by atoms with Crippen LogP contribution in [-0.4, -0.2) is 31.4 Å². The van der Waals surface area contributed by atoms with Crippen LogP contribution in [0.25, 0.3) is 11.0 Å². The second-order valence-corrected chi connectivity index (χ2v) is 8.27. The van der Waals surface area contributed by atoms with Gasteiger partial charge in [0.25, 0.3) is 0 Å². The fraction of sp³-hybridized carbons (Fsp3) is 0.360. The Morgan fingerprint density at radius 3 is 2.64 bits per heavy atom. The molecule has 4 rings (SSSR count). The van der Waals surface area contributed by atoms with Gasteiger partial charge in [0.1, 0.15) is 11.5 Å². The van der Waals surface area contributed by atoms with Crippen molar-refractivity contribution in [1.29, 1.82) is 0 Å². The predicted molar refractivity (Wildman–Crippen MR) is 119 cm³/mol. The van der Waals surface area contributed by atoms with Gasteiger partial charge in [-0.25, -0.2) is 4.79 Å². The van der Waals surface area contributed by atoms with Crippen LogP contribution in [0.5, 0.6) is 0 Å². The highest BCUT2D eigenvalue weighted by Gasteiger charge is 2.48. The van der Waals surface area contributed by atoms with Crippen LogP contribution >= 0.6 is 0 Å². The number of allylic oxidation sites excluding steroid dienone is 3. The molecule has 8 heteroatoms. The van der Waals surface area contributed by atoms with Gasteiger partial charge < -0.3 is 19.2 Å². The van der Waals surface area contributed by atoms with Crippen molar-refractivity contribution in [1.82, 2.24) is 5.32 Å². The summed E-state index contributed by atoms with van der Waals surface area (Å²) in [4.78, 5) is 52.6. The molecule has 2 aliphatic rings. The molecule has 33 heavy (non-hydrogen) atoms. The van der Waals surface area contributed by atoms with Crippen molar-refractivity contribution in [2.75, 3.05) is 13.7 Å². The Hall–Kier alpha value is -3.68. The highest BCUT2D eigenvalue weighted by atomic mass is 16.5. The first-order chi connectivity index (χ1) is 15.8. The van der Waals surface area contributed by atoms with Gasteiger partial charge in [0.05, 0.1) is 36.9 Å². The van der Waals surface area contributed by atoms with Crippen LogP contribution in [-0.2, 0) is 23.9 Å². The standard InChI is InChI=1S/C25H25NO7/c1-5-32-25(30)19-13(3)26-16-10-12(2)18(24(29)31-4)23(28)21(16)20(19)15-11-33-17-9-7-6-8-14(17)22(15)27/h6-9,11-12,18,20,26H,5,10H2,1-4H3. The van der Waals surface area contributed by atoms with Crippen LogP contribution in [0.15, 0.2) is 62.3 Å². The van der Waals surface area contributed by atoms with Crippen molar-refractivity contribution >= 4 is 28.7 Å². The minimum absolute atomic E-state index is 0.121. The van der Waals surface area contributed by atoms with Gasteiger partial charge in [0.15, 0.2) is 11.2 Å². The van der Waals surface area contributed by atoms with Gasteiger partial charge in [-0.05, 0) is 38.3 Å². The van der Waals surface area contributed by atoms with E-state index in [0.717, 1.165) is 0 Å². The Kier molecular flexibility index (Phi) is 5.93. The number of methoxy groups -OCH3 is 1. The molecule has 8 nitrogen and oxygen atoms in total. The lowest BCUT2D eigenvalue weighted by molar-refractivity contribution is -0.151. The van der Waals surface area contributed by atoms with E-state index in [1.807, 2.05) is 0 Å². The molecule has 3 atom stereocenters. The number of ketones is 1. The number of dihydropyridines is 1. The molecule has 1 N–H and O–H groups in total. The highest BCUT2D eigenvalue weighted by molar-refractivity contribution is 6.12. The third-order valence-electron chi connectivity index (χ3n) is 6.26. The number of benzene rings is 1. The van der Waals surface area contributed by atoms with Crippen molar-refractivity contribution in [2.24, 2.45) is 11.8 Å². The number of esters is 2. The molecule has 2 aromatic rings. The monoisotopic (exact) mass is 451 g/mol. The molecule has 3 unspecified atom stereocenters. The van der Waals surface area contributed by atoms with Crippen LogP contribution in [0.3, 0.4) is 0 Å². The number of Topliss-reactive ketones (excluding diaryl/α,β-unsaturated/α-hetero) is 1. The third kappa shape index (κ3) is 3.65. The van der Waals surface area contributed by atoms with Gasteiger partial charge in [-0.1, -0.05) is 19.1 Å². The quantitative estimate of drug-likeness (QED) is 0.558. The minimum atomic E-state index is -1.03. The first kappa shape index (κ1) is 22.5. The van der Waals surface area contributed by atoms with E-state index in [1.54, 1.807) is 45.0 Å². The molecular weight excluding hydrogens is 426 g/mol. The number of rotatable bonds is 4. The average molecular weight is 451 g/mol. The summed E-state index contributed by atoms with van der Waals surface area (Å²) in [6, 6.07) is 6.76. The van der Waals surface area contributed by atoms with E-state index in [0.29, 0.717) is 28.8 Å². The van der Waals surface area contributed by atoms with Crippen LogP contribution in [0, 0.1) is 11.8 Å². The van der Waals surface area contributed by atoms with E-state index in [4.69, 9.17) is 13.9 Å². The smallest absolute Gasteiger partial charge is 0.336 e. The second-order valence-electron chi connectivity index (χ2n) is 8.27. The summed E-state index contributed by atoms with van der Waals surface area (Å²) >= 11 is 0. The minimum Gasteiger partial charge on any atom is -0.468 e. The van der Waals surface area contributed by atoms with E-state index < -0.39 is 29.6 Å². The summed E-state index contributed by atoms with van der Waals surface area (Å²) in [6.07, 6.45) is 1.67. The van der Waals surface area contributed by atoms with E-state index in [1.165, 1.54) is 13.4 Å². The largest absolute Gasteiger partial charge is 0.468 e. The first-order valence-corrected chi connectivity index (χ1v) is 10.8. The molecule has 1 aromatic carbocycles. The predicted octanol–water partition coefficient (Wildman–Crippen LogP) is 2.97. The van der Waals surface area contributed by atoms with Crippen LogP contribution in [0.4, 0.5) is 0 Å². The highest BCUT2D eigenvalue weighted by Crippen LogP contribution is 2.45. The topological polar surface area (TPSA) is 112 Å². The molecule has 0 fully saturated rings. The maximum atomic E-state index is 13.7. The lowest BCUT2D eigenvalue weighted by Gasteiger charge is -2.37. The van der Waals surface area contributed by atoms with Crippen LogP contribution < -0.4 is 10.7 Å². The Morgan fingerprint density at radius 1 is 1.21 bits per heavy atom. The lowest BCUT2D eigenvalue weighted by Crippen LogP contribution is -2.44. The molecule has 1 aliphatic heterocycles. The zero-order valence-electron chi connectivity index (χ0n) is 18.9. The van der Waals surface area contributed by atoms with Crippen molar-refractivity contribution in [3.05, 3.63) is 68.9 Å². The van der Waals surface area contributed by atoms with Crippen LogP contribution in [0.2, 0.25) is 0 Å². The number of ether oxygens (including phenoxy) is 2. The summed E-state index contributed by atoms with van der Waals surface area (Å²) in [5, 5.41) is 3.49. The lowest BCUT2D eigenvalue weighted by atomic mass is 9.69. The van der Waals surface area contributed by atoms with Gasteiger partial charge in [0, 0.05) is 22.5 Å². The van der Waals surface area contributed by atoms with Crippen molar-refractivity contribution < 1.29 is 28.3 Å². The van der Waals surface area contributed by atoms with Crippen LogP contribution in [0.1, 0.15) is 38.7 Å². The number of hydrogen-bond acceptors (Lipinski definition) is 8. The summed E-state index contributed by atoms with van der Waals surface area (Å²) < 4.78 is 15.9. The van der Waals surface area contributed by atoms with Crippen molar-refractivity contribution in [3.8, 4) is 0 Å². The molecule has 0 amide bonds. The fourth-order valence-corrected chi connectivity index (χ4v) is 4.76. The van der Waals surface area contributed by atoms with Gasteiger partial charge in [0.2, 0.25) is 0 Å². The maximum absolute atomic E-state index is 13.7. The van der Waals surface area contributed by atoms with Crippen molar-refractivity contribution in [3.63, 3.8) is 0 Å². The molecule has 0 radical (unpaired) electrons. The Morgan fingerprint density at radius 2 is 1.94 bits per heavy atom. The Balaban J connectivity index is 1.98. The Labute approximate surface area is 190 Å². The zero-order chi connectivity index (χ0) is 23.9. The third-order valence-corrected chi connectivity index (χ3v) is 6.26. The zero-order valence-corrected chi connectivity index (χ0v) is 18.9. The number of carbonyl (C=O) groups is 3. The molecule has 2 heterocycles. The number of hydrogen-bond donors (Lipinski definition) is 1. The van der Waals surface area contributed by atoms with Crippen molar-refractivity contribution in [2.45, 2.75) is 33.1 Å². The molecule has 172 valence electrons. The number of nitrogens with one attached hydrogen (secondary N) is 1. The van der Waals surface area contributed by atoms with Gasteiger partial charge in [-0.15, -0.1) is 0 Å². The van der Waals surface area contributed by atoms with Gasteiger partial charge in [-0.3, -0.25) is 14.4 Å². The number of fused-ring (bicyclic) bond motifs is 1. The van der Waals surface area contributed by atoms with E-state index in [-0.39, 0.29) is 34.7 Å². The number of carbonyl (C=O) groups excluding carboxylic acids is 3. The normalized spacial score (nSPS) is 22.7. The maximum Gasteiger partial charge on any atom is 0.336 e. The average Bonchev–Trinajstić information content (AvgIpc) is 2.78. The van der Waals surface area contributed by atoms with Gasteiger partial charge >= 0.3 is 11.9 Å². The molecule has 0 bridgehead atoms.